The standard InChI is InChI=1S/C10H13BrO2/c1-8-3-4-10(11)5-9(8)6-13-7-12-2/h3-5H,6-7H2,1-2H3. The molecule has 0 aliphatic carbocycles. The lowest BCUT2D eigenvalue weighted by molar-refractivity contribution is -0.0392. The van der Waals surface area contributed by atoms with Crippen LogP contribution in [0.3, 0.4) is 0 Å². The van der Waals surface area contributed by atoms with Crippen molar-refractivity contribution in [3.63, 3.8) is 0 Å². The summed E-state index contributed by atoms with van der Waals surface area (Å²) in [5, 5.41) is 0. The first-order valence-corrected chi connectivity index (χ1v) is 4.85. The molecule has 0 aromatic heterocycles. The maximum atomic E-state index is 5.26. The molecular weight excluding hydrogens is 232 g/mol. The van der Waals surface area contributed by atoms with Crippen LogP contribution in [0.1, 0.15) is 11.1 Å². The molecule has 0 fully saturated rings. The predicted octanol–water partition coefficient (Wildman–Crippen LogP) is 2.88. The highest BCUT2D eigenvalue weighted by Gasteiger charge is 1.98. The van der Waals surface area contributed by atoms with Crippen molar-refractivity contribution in [1.82, 2.24) is 0 Å². The Kier molecular flexibility index (Phi) is 4.42. The summed E-state index contributed by atoms with van der Waals surface area (Å²) in [5.74, 6) is 0. The maximum absolute atomic E-state index is 5.26. The molecule has 0 spiro atoms. The summed E-state index contributed by atoms with van der Waals surface area (Å²) in [5.41, 5.74) is 2.42. The van der Waals surface area contributed by atoms with Gasteiger partial charge < -0.3 is 9.47 Å². The van der Waals surface area contributed by atoms with E-state index in [0.29, 0.717) is 13.4 Å². The van der Waals surface area contributed by atoms with Crippen molar-refractivity contribution in [1.29, 1.82) is 0 Å². The lowest BCUT2D eigenvalue weighted by Crippen LogP contribution is -1.98. The number of hydrogen-bond donors (Lipinski definition) is 0. The van der Waals surface area contributed by atoms with E-state index in [1.54, 1.807) is 7.11 Å². The Bertz CT molecular complexity index is 274. The Labute approximate surface area is 87.0 Å². The third-order valence-corrected chi connectivity index (χ3v) is 2.26. The minimum atomic E-state index is 0.339. The van der Waals surface area contributed by atoms with Crippen LogP contribution in [0, 0.1) is 6.92 Å². The largest absolute Gasteiger partial charge is 0.359 e. The molecule has 0 heterocycles. The van der Waals surface area contributed by atoms with Gasteiger partial charge in [0.1, 0.15) is 6.79 Å². The Hall–Kier alpha value is -0.380. The molecule has 0 unspecified atom stereocenters. The summed E-state index contributed by atoms with van der Waals surface area (Å²) in [4.78, 5) is 0. The fourth-order valence-electron chi connectivity index (χ4n) is 1.03. The molecule has 0 N–H and O–H groups in total. The quantitative estimate of drug-likeness (QED) is 0.599. The Morgan fingerprint density at radius 2 is 2.15 bits per heavy atom. The molecule has 0 bridgehead atoms. The van der Waals surface area contributed by atoms with E-state index in [2.05, 4.69) is 35.0 Å². The third kappa shape index (κ3) is 3.46. The Morgan fingerprint density at radius 1 is 1.38 bits per heavy atom. The number of methoxy groups -OCH3 is 1. The zero-order chi connectivity index (χ0) is 9.68. The highest BCUT2D eigenvalue weighted by Crippen LogP contribution is 2.16. The van der Waals surface area contributed by atoms with Gasteiger partial charge in [0.15, 0.2) is 0 Å². The second kappa shape index (κ2) is 5.37. The van der Waals surface area contributed by atoms with E-state index in [9.17, 15) is 0 Å². The Balaban J connectivity index is 2.59. The highest BCUT2D eigenvalue weighted by molar-refractivity contribution is 9.10. The van der Waals surface area contributed by atoms with E-state index in [0.717, 1.165) is 4.47 Å². The summed E-state index contributed by atoms with van der Waals surface area (Å²) in [7, 11) is 1.62. The van der Waals surface area contributed by atoms with E-state index < -0.39 is 0 Å². The van der Waals surface area contributed by atoms with Crippen LogP contribution >= 0.6 is 15.9 Å². The van der Waals surface area contributed by atoms with Crippen molar-refractivity contribution in [3.8, 4) is 0 Å². The van der Waals surface area contributed by atoms with E-state index >= 15 is 0 Å². The van der Waals surface area contributed by atoms with Crippen LogP contribution in [0.2, 0.25) is 0 Å². The summed E-state index contributed by atoms with van der Waals surface area (Å²) in [6, 6.07) is 6.15. The van der Waals surface area contributed by atoms with Gasteiger partial charge in [0.05, 0.1) is 6.61 Å². The van der Waals surface area contributed by atoms with Gasteiger partial charge in [-0.25, -0.2) is 0 Å². The molecule has 0 aliphatic rings. The molecule has 0 saturated heterocycles. The molecule has 1 aromatic carbocycles. The Morgan fingerprint density at radius 3 is 2.85 bits per heavy atom. The van der Waals surface area contributed by atoms with Crippen molar-refractivity contribution in [2.24, 2.45) is 0 Å². The first kappa shape index (κ1) is 10.7. The fourth-order valence-corrected chi connectivity index (χ4v) is 1.44. The molecule has 0 aliphatic heterocycles. The number of hydrogen-bond acceptors (Lipinski definition) is 2. The zero-order valence-electron chi connectivity index (χ0n) is 7.84. The van der Waals surface area contributed by atoms with Gasteiger partial charge in [0, 0.05) is 11.6 Å². The van der Waals surface area contributed by atoms with Gasteiger partial charge in [-0.15, -0.1) is 0 Å². The SMILES string of the molecule is COCOCc1cc(Br)ccc1C. The smallest absolute Gasteiger partial charge is 0.146 e. The van der Waals surface area contributed by atoms with Crippen LogP contribution in [0.25, 0.3) is 0 Å². The van der Waals surface area contributed by atoms with E-state index in [1.807, 2.05) is 6.07 Å². The van der Waals surface area contributed by atoms with Gasteiger partial charge in [-0.2, -0.15) is 0 Å². The van der Waals surface area contributed by atoms with Crippen LogP contribution in [-0.4, -0.2) is 13.9 Å². The van der Waals surface area contributed by atoms with Crippen LogP contribution in [-0.2, 0) is 16.1 Å². The lowest BCUT2D eigenvalue weighted by Gasteiger charge is -2.06. The van der Waals surface area contributed by atoms with Crippen molar-refractivity contribution >= 4 is 15.9 Å². The van der Waals surface area contributed by atoms with E-state index in [-0.39, 0.29) is 0 Å². The highest BCUT2D eigenvalue weighted by atomic mass is 79.9. The molecule has 3 heteroatoms. The molecule has 72 valence electrons. The molecular formula is C10H13BrO2. The minimum absolute atomic E-state index is 0.339. The topological polar surface area (TPSA) is 18.5 Å². The van der Waals surface area contributed by atoms with Crippen molar-refractivity contribution in [3.05, 3.63) is 33.8 Å². The van der Waals surface area contributed by atoms with Crippen molar-refractivity contribution in [2.75, 3.05) is 13.9 Å². The predicted molar refractivity (Wildman–Crippen MR) is 55.5 cm³/mol. The minimum Gasteiger partial charge on any atom is -0.359 e. The number of halogens is 1. The van der Waals surface area contributed by atoms with Crippen molar-refractivity contribution < 1.29 is 9.47 Å². The van der Waals surface area contributed by atoms with Gasteiger partial charge in [0.2, 0.25) is 0 Å². The summed E-state index contributed by atoms with van der Waals surface area (Å²) >= 11 is 3.42. The second-order valence-corrected chi connectivity index (χ2v) is 3.74. The van der Waals surface area contributed by atoms with Crippen molar-refractivity contribution in [2.45, 2.75) is 13.5 Å². The van der Waals surface area contributed by atoms with Crippen LogP contribution in [0.5, 0.6) is 0 Å². The normalized spacial score (nSPS) is 10.4. The second-order valence-electron chi connectivity index (χ2n) is 2.83. The molecule has 0 atom stereocenters. The molecule has 1 rings (SSSR count). The first-order valence-electron chi connectivity index (χ1n) is 4.05. The number of rotatable bonds is 4. The third-order valence-electron chi connectivity index (χ3n) is 1.77. The number of aryl methyl sites for hydroxylation is 1. The van der Waals surface area contributed by atoms with E-state index in [4.69, 9.17) is 9.47 Å². The van der Waals surface area contributed by atoms with Gasteiger partial charge in [-0.05, 0) is 30.2 Å². The monoisotopic (exact) mass is 244 g/mol. The maximum Gasteiger partial charge on any atom is 0.146 e. The molecule has 1 aromatic rings. The van der Waals surface area contributed by atoms with Crippen LogP contribution in [0.15, 0.2) is 22.7 Å². The molecule has 2 nitrogen and oxygen atoms in total. The van der Waals surface area contributed by atoms with Gasteiger partial charge in [-0.1, -0.05) is 22.0 Å². The summed E-state index contributed by atoms with van der Waals surface area (Å²) in [6.45, 7) is 3.00. The summed E-state index contributed by atoms with van der Waals surface area (Å²) in [6.07, 6.45) is 0. The summed E-state index contributed by atoms with van der Waals surface area (Å²) < 4.78 is 11.1. The van der Waals surface area contributed by atoms with Crippen LogP contribution < -0.4 is 0 Å². The molecule has 0 saturated carbocycles. The number of ether oxygens (including phenoxy) is 2. The average Bonchev–Trinajstić information content (AvgIpc) is 2.11. The molecule has 0 amide bonds. The zero-order valence-corrected chi connectivity index (χ0v) is 9.43. The first-order chi connectivity index (χ1) is 6.24. The number of benzene rings is 1. The van der Waals surface area contributed by atoms with Gasteiger partial charge in [-0.3, -0.25) is 0 Å². The molecule has 0 radical (unpaired) electrons. The van der Waals surface area contributed by atoms with Crippen LogP contribution in [0.4, 0.5) is 0 Å². The van der Waals surface area contributed by atoms with Gasteiger partial charge in [0.25, 0.3) is 0 Å². The van der Waals surface area contributed by atoms with E-state index in [1.165, 1.54) is 11.1 Å². The van der Waals surface area contributed by atoms with Gasteiger partial charge >= 0.3 is 0 Å². The average molecular weight is 245 g/mol. The molecule has 13 heavy (non-hydrogen) atoms. The lowest BCUT2D eigenvalue weighted by atomic mass is 10.1. The fraction of sp³-hybridized carbons (Fsp3) is 0.400.